The Morgan fingerprint density at radius 2 is 1.90 bits per heavy atom. The molecule has 3 aromatic rings. The molecule has 1 aliphatic carbocycles. The molecule has 1 atom stereocenters. The van der Waals surface area contributed by atoms with Crippen LogP contribution in [0.3, 0.4) is 0 Å². The minimum absolute atomic E-state index is 0.340. The molecule has 0 radical (unpaired) electrons. The van der Waals surface area contributed by atoms with Crippen LogP contribution in [0.25, 0.3) is 22.6 Å². The van der Waals surface area contributed by atoms with Gasteiger partial charge in [0.15, 0.2) is 11.5 Å². The average molecular weight is 387 g/mol. The number of hydrogen-bond acceptors (Lipinski definition) is 4. The minimum atomic E-state index is -0.896. The van der Waals surface area contributed by atoms with Gasteiger partial charge in [-0.05, 0) is 59.7 Å². The van der Waals surface area contributed by atoms with Gasteiger partial charge in [0.1, 0.15) is 13.2 Å². The number of allylic oxidation sites excluding steroid dienone is 1. The van der Waals surface area contributed by atoms with Crippen LogP contribution in [-0.4, -0.2) is 29.3 Å². The lowest BCUT2D eigenvalue weighted by Crippen LogP contribution is -2.17. The third-order valence-corrected chi connectivity index (χ3v) is 5.54. The van der Waals surface area contributed by atoms with Crippen molar-refractivity contribution in [2.75, 3.05) is 13.2 Å². The van der Waals surface area contributed by atoms with Crippen molar-refractivity contribution in [1.82, 2.24) is 4.98 Å². The van der Waals surface area contributed by atoms with Crippen LogP contribution in [0.4, 0.5) is 0 Å². The Morgan fingerprint density at radius 1 is 1.10 bits per heavy atom. The Hall–Kier alpha value is -3.34. The molecular formula is C24H21NO4. The van der Waals surface area contributed by atoms with Gasteiger partial charge in [0.05, 0.1) is 16.8 Å². The zero-order valence-electron chi connectivity index (χ0n) is 16.1. The molecule has 5 rings (SSSR count). The van der Waals surface area contributed by atoms with E-state index in [-0.39, 0.29) is 0 Å². The zero-order valence-corrected chi connectivity index (χ0v) is 16.1. The van der Waals surface area contributed by atoms with Gasteiger partial charge in [0.2, 0.25) is 0 Å². The molecule has 0 amide bonds. The van der Waals surface area contributed by atoms with Crippen LogP contribution >= 0.6 is 0 Å². The van der Waals surface area contributed by atoms with Crippen molar-refractivity contribution in [2.24, 2.45) is 5.92 Å². The summed E-state index contributed by atoms with van der Waals surface area (Å²) >= 11 is 0. The lowest BCUT2D eigenvalue weighted by molar-refractivity contribution is 0.0697. The lowest BCUT2D eigenvalue weighted by Gasteiger charge is -2.26. The Bertz CT molecular complexity index is 1160. The maximum Gasteiger partial charge on any atom is 0.336 e. The number of para-hydroxylation sites is 1. The number of ether oxygens (including phenoxy) is 2. The second-order valence-electron chi connectivity index (χ2n) is 7.72. The van der Waals surface area contributed by atoms with Crippen molar-refractivity contribution in [1.29, 1.82) is 0 Å². The first-order chi connectivity index (χ1) is 14.1. The Morgan fingerprint density at radius 3 is 2.72 bits per heavy atom. The van der Waals surface area contributed by atoms with Crippen LogP contribution < -0.4 is 9.47 Å². The van der Waals surface area contributed by atoms with E-state index in [4.69, 9.17) is 14.5 Å². The third kappa shape index (κ3) is 3.12. The zero-order chi connectivity index (χ0) is 20.0. The van der Waals surface area contributed by atoms with E-state index < -0.39 is 5.97 Å². The number of benzene rings is 2. The van der Waals surface area contributed by atoms with E-state index in [0.29, 0.717) is 42.0 Å². The monoisotopic (exact) mass is 387 g/mol. The van der Waals surface area contributed by atoms with Crippen LogP contribution in [0, 0.1) is 5.92 Å². The molecule has 2 aliphatic rings. The van der Waals surface area contributed by atoms with Crippen LogP contribution in [0.1, 0.15) is 40.5 Å². The number of carbonyl (C=O) groups is 1. The third-order valence-electron chi connectivity index (χ3n) is 5.54. The normalized spacial score (nSPS) is 19.2. The maximum atomic E-state index is 12.1. The molecule has 5 nitrogen and oxygen atoms in total. The van der Waals surface area contributed by atoms with Crippen molar-refractivity contribution in [2.45, 2.75) is 19.8 Å². The smallest absolute Gasteiger partial charge is 0.336 e. The molecule has 29 heavy (non-hydrogen) atoms. The predicted molar refractivity (Wildman–Crippen MR) is 111 cm³/mol. The summed E-state index contributed by atoms with van der Waals surface area (Å²) in [7, 11) is 0. The number of aromatic carboxylic acids is 1. The van der Waals surface area contributed by atoms with Crippen molar-refractivity contribution in [3.05, 3.63) is 64.8 Å². The summed E-state index contributed by atoms with van der Waals surface area (Å²) in [5, 5.41) is 10.7. The highest BCUT2D eigenvalue weighted by atomic mass is 16.6. The molecular weight excluding hydrogens is 366 g/mol. The highest BCUT2D eigenvalue weighted by Gasteiger charge is 2.28. The molecule has 146 valence electrons. The number of fused-ring (bicyclic) bond motifs is 3. The molecule has 0 saturated heterocycles. The Kier molecular flexibility index (Phi) is 4.23. The van der Waals surface area contributed by atoms with E-state index >= 15 is 0 Å². The summed E-state index contributed by atoms with van der Waals surface area (Å²) in [4.78, 5) is 17.0. The molecule has 2 heterocycles. The summed E-state index contributed by atoms with van der Waals surface area (Å²) in [6, 6.07) is 13.4. The average Bonchev–Trinajstić information content (AvgIpc) is 2.72. The van der Waals surface area contributed by atoms with Crippen LogP contribution in [0.15, 0.2) is 42.5 Å². The van der Waals surface area contributed by atoms with Crippen LogP contribution in [0.5, 0.6) is 11.5 Å². The van der Waals surface area contributed by atoms with Gasteiger partial charge in [-0.3, -0.25) is 0 Å². The summed E-state index contributed by atoms with van der Waals surface area (Å²) in [6.07, 6.45) is 3.67. The minimum Gasteiger partial charge on any atom is -0.486 e. The molecule has 1 aliphatic heterocycles. The molecule has 0 fully saturated rings. The number of aromatic nitrogens is 1. The summed E-state index contributed by atoms with van der Waals surface area (Å²) in [5.41, 5.74) is 4.78. The number of rotatable bonds is 2. The SMILES string of the molecule is CC1CC(=Cc2ccc3c(c2)OCCO3)c2nc3ccccc3c(C(=O)O)c2C1. The Balaban J connectivity index is 1.69. The first-order valence-electron chi connectivity index (χ1n) is 9.85. The fraction of sp³-hybridized carbons (Fsp3) is 0.250. The fourth-order valence-electron chi connectivity index (χ4n) is 4.33. The number of nitrogens with zero attached hydrogens (tertiary/aromatic N) is 1. The van der Waals surface area contributed by atoms with Crippen LogP contribution in [0.2, 0.25) is 0 Å². The van der Waals surface area contributed by atoms with Crippen molar-refractivity contribution in [3.63, 3.8) is 0 Å². The van der Waals surface area contributed by atoms with Gasteiger partial charge in [0.25, 0.3) is 0 Å². The van der Waals surface area contributed by atoms with Crippen LogP contribution in [-0.2, 0) is 6.42 Å². The Labute approximate surface area is 168 Å². The molecule has 0 bridgehead atoms. The standard InChI is InChI=1S/C24H21NO4/c1-14-10-16(12-15-6-7-20-21(13-15)29-9-8-28-20)23-18(11-14)22(24(26)27)17-4-2-3-5-19(17)25-23/h2-7,12-14H,8-11H2,1H3,(H,26,27). The van der Waals surface area contributed by atoms with E-state index in [2.05, 4.69) is 13.0 Å². The lowest BCUT2D eigenvalue weighted by atomic mass is 9.80. The predicted octanol–water partition coefficient (Wildman–Crippen LogP) is 4.83. The molecule has 1 aromatic heterocycles. The van der Waals surface area contributed by atoms with Crippen molar-refractivity contribution >= 4 is 28.5 Å². The van der Waals surface area contributed by atoms with Gasteiger partial charge < -0.3 is 14.6 Å². The van der Waals surface area contributed by atoms with E-state index in [0.717, 1.165) is 40.3 Å². The maximum absolute atomic E-state index is 12.1. The van der Waals surface area contributed by atoms with Crippen molar-refractivity contribution in [3.8, 4) is 11.5 Å². The van der Waals surface area contributed by atoms with E-state index in [9.17, 15) is 9.90 Å². The first-order valence-corrected chi connectivity index (χ1v) is 9.85. The molecule has 1 N–H and O–H groups in total. The topological polar surface area (TPSA) is 68.7 Å². The second kappa shape index (κ2) is 6.92. The highest BCUT2D eigenvalue weighted by molar-refractivity contribution is 6.06. The van der Waals surface area contributed by atoms with Gasteiger partial charge in [-0.1, -0.05) is 31.2 Å². The van der Waals surface area contributed by atoms with E-state index in [1.807, 2.05) is 42.5 Å². The van der Waals surface area contributed by atoms with Gasteiger partial charge in [-0.2, -0.15) is 0 Å². The number of pyridine rings is 1. The first kappa shape index (κ1) is 17.7. The van der Waals surface area contributed by atoms with E-state index in [1.165, 1.54) is 0 Å². The van der Waals surface area contributed by atoms with Gasteiger partial charge in [-0.15, -0.1) is 0 Å². The van der Waals surface area contributed by atoms with Gasteiger partial charge in [-0.25, -0.2) is 9.78 Å². The largest absolute Gasteiger partial charge is 0.486 e. The molecule has 0 saturated carbocycles. The second-order valence-corrected chi connectivity index (χ2v) is 7.72. The fourth-order valence-corrected chi connectivity index (χ4v) is 4.33. The number of hydrogen-bond donors (Lipinski definition) is 1. The number of carboxylic acid groups (broad SMARTS) is 1. The van der Waals surface area contributed by atoms with Crippen molar-refractivity contribution < 1.29 is 19.4 Å². The molecule has 0 spiro atoms. The van der Waals surface area contributed by atoms with E-state index in [1.54, 1.807) is 0 Å². The molecule has 5 heteroatoms. The highest BCUT2D eigenvalue weighted by Crippen LogP contribution is 2.39. The van der Waals surface area contributed by atoms with Gasteiger partial charge in [0, 0.05) is 5.39 Å². The summed E-state index contributed by atoms with van der Waals surface area (Å²) < 4.78 is 11.3. The summed E-state index contributed by atoms with van der Waals surface area (Å²) in [5.74, 6) is 0.945. The number of carboxylic acids is 1. The molecule has 1 unspecified atom stereocenters. The molecule has 2 aromatic carbocycles. The quantitative estimate of drug-likeness (QED) is 0.682. The summed E-state index contributed by atoms with van der Waals surface area (Å²) in [6.45, 7) is 3.26. The van der Waals surface area contributed by atoms with Gasteiger partial charge >= 0.3 is 5.97 Å².